The molecule has 210 valence electrons. The van der Waals surface area contributed by atoms with Crippen LogP contribution in [0.25, 0.3) is 0 Å². The Morgan fingerprint density at radius 3 is 2.02 bits per heavy atom. The molecule has 1 N–H and O–H groups in total. The van der Waals surface area contributed by atoms with Crippen LogP contribution in [0.15, 0.2) is 73.1 Å². The summed E-state index contributed by atoms with van der Waals surface area (Å²) >= 11 is 6.12. The Labute approximate surface area is 244 Å². The van der Waals surface area contributed by atoms with E-state index in [-0.39, 0.29) is 16.7 Å². The third-order valence-electron chi connectivity index (χ3n) is 9.24. The first-order valence-electron chi connectivity index (χ1n) is 14.3. The fourth-order valence-corrected chi connectivity index (χ4v) is 7.97. The van der Waals surface area contributed by atoms with Crippen molar-refractivity contribution in [3.8, 4) is 23.0 Å². The summed E-state index contributed by atoms with van der Waals surface area (Å²) in [6.45, 7) is 4.02. The second-order valence-electron chi connectivity index (χ2n) is 12.3. The third-order valence-corrected chi connectivity index (χ3v) is 9.42. The minimum Gasteiger partial charge on any atom is -0.457 e. The summed E-state index contributed by atoms with van der Waals surface area (Å²) in [4.78, 5) is 18.4. The van der Waals surface area contributed by atoms with Gasteiger partial charge in [0.15, 0.2) is 0 Å². The van der Waals surface area contributed by atoms with E-state index in [4.69, 9.17) is 21.1 Å². The molecular weight excluding hydrogens is 536 g/mol. The van der Waals surface area contributed by atoms with E-state index in [9.17, 15) is 4.79 Å². The maximum Gasteiger partial charge on any atom is 0.242 e. The number of aryl methyl sites for hydroxylation is 2. The number of ether oxygens (including phenoxy) is 2. The number of anilines is 1. The molecule has 1 heterocycles. The van der Waals surface area contributed by atoms with Gasteiger partial charge >= 0.3 is 0 Å². The van der Waals surface area contributed by atoms with Crippen LogP contribution in [0, 0.1) is 31.1 Å². The van der Waals surface area contributed by atoms with Gasteiger partial charge in [-0.1, -0.05) is 36.4 Å². The van der Waals surface area contributed by atoms with Crippen molar-refractivity contribution in [2.45, 2.75) is 57.9 Å². The topological polar surface area (TPSA) is 78.3 Å². The number of hydrogen-bond donors (Lipinski definition) is 1. The summed E-state index contributed by atoms with van der Waals surface area (Å²) in [5.41, 5.74) is 2.02. The van der Waals surface area contributed by atoms with Gasteiger partial charge in [0.25, 0.3) is 0 Å². The van der Waals surface area contributed by atoms with Gasteiger partial charge in [-0.15, -0.1) is 5.10 Å². The zero-order valence-corrected chi connectivity index (χ0v) is 24.0. The molecule has 4 fully saturated rings. The van der Waals surface area contributed by atoms with Crippen LogP contribution in [0.5, 0.6) is 23.0 Å². The van der Waals surface area contributed by atoms with Crippen molar-refractivity contribution in [3.05, 3.63) is 89.5 Å². The van der Waals surface area contributed by atoms with Crippen molar-refractivity contribution < 1.29 is 14.3 Å². The molecule has 1 aromatic heterocycles. The Morgan fingerprint density at radius 2 is 1.49 bits per heavy atom. The molecule has 3 aromatic carbocycles. The van der Waals surface area contributed by atoms with Crippen LogP contribution in [0.4, 0.5) is 5.69 Å². The Morgan fingerprint density at radius 1 is 0.902 bits per heavy atom. The van der Waals surface area contributed by atoms with Gasteiger partial charge in [-0.2, -0.15) is 0 Å². The number of amides is 1. The number of benzene rings is 3. The highest BCUT2D eigenvalue weighted by molar-refractivity contribution is 6.28. The monoisotopic (exact) mass is 568 g/mol. The number of para-hydroxylation sites is 2. The zero-order chi connectivity index (χ0) is 28.2. The fourth-order valence-electron chi connectivity index (χ4n) is 7.84. The molecule has 0 aliphatic heterocycles. The fraction of sp³-hybridized carbons (Fsp3) is 0.364. The number of carbonyl (C=O) groups excluding carboxylic acids is 1. The first-order valence-corrected chi connectivity index (χ1v) is 14.7. The molecule has 0 radical (unpaired) electrons. The molecule has 8 heteroatoms. The minimum atomic E-state index is -0.466. The van der Waals surface area contributed by atoms with Crippen LogP contribution in [-0.4, -0.2) is 20.7 Å². The standard InChI is InChI=1S/C33H33ClN4O3/c1-21-7-3-5-9-28(21)40-26-12-25(13-27(14-26)41-29-10-6-4-8-22(29)2)36-30(39)32-15-23-11-24(16-32)18-33(17-23,19-32)38-20-35-31(34)37-38/h3-10,12-14,20,23-24H,11,15-19H2,1-2H3,(H,36,39). The van der Waals surface area contributed by atoms with Gasteiger partial charge < -0.3 is 14.8 Å². The van der Waals surface area contributed by atoms with Crippen LogP contribution in [-0.2, 0) is 10.3 Å². The van der Waals surface area contributed by atoms with Crippen molar-refractivity contribution in [1.29, 1.82) is 0 Å². The van der Waals surface area contributed by atoms with E-state index in [1.165, 1.54) is 6.42 Å². The summed E-state index contributed by atoms with van der Waals surface area (Å²) in [7, 11) is 0. The molecule has 7 nitrogen and oxygen atoms in total. The molecule has 4 aliphatic rings. The maximum atomic E-state index is 14.2. The highest BCUT2D eigenvalue weighted by Crippen LogP contribution is 2.64. The largest absolute Gasteiger partial charge is 0.457 e. The van der Waals surface area contributed by atoms with Gasteiger partial charge in [0.2, 0.25) is 11.2 Å². The van der Waals surface area contributed by atoms with E-state index in [1.807, 2.05) is 85.3 Å². The van der Waals surface area contributed by atoms with E-state index in [0.29, 0.717) is 29.0 Å². The van der Waals surface area contributed by atoms with E-state index in [1.54, 1.807) is 6.33 Å². The highest BCUT2D eigenvalue weighted by Gasteiger charge is 2.61. The number of carbonyl (C=O) groups is 1. The normalized spacial score (nSPS) is 26.1. The van der Waals surface area contributed by atoms with E-state index in [0.717, 1.165) is 54.7 Å². The Hall–Kier alpha value is -3.84. The maximum absolute atomic E-state index is 14.2. The summed E-state index contributed by atoms with van der Waals surface area (Å²) in [5, 5.41) is 8.04. The summed E-state index contributed by atoms with van der Waals surface area (Å²) < 4.78 is 14.6. The molecule has 2 atom stereocenters. The van der Waals surface area contributed by atoms with Crippen LogP contribution in [0.2, 0.25) is 5.28 Å². The average molecular weight is 569 g/mol. The number of nitrogens with one attached hydrogen (secondary N) is 1. The van der Waals surface area contributed by atoms with Crippen molar-refractivity contribution in [2.24, 2.45) is 17.3 Å². The van der Waals surface area contributed by atoms with Crippen molar-refractivity contribution in [1.82, 2.24) is 14.8 Å². The van der Waals surface area contributed by atoms with Gasteiger partial charge in [0, 0.05) is 23.9 Å². The Bertz CT molecular complexity index is 1550. The second kappa shape index (κ2) is 9.91. The first kappa shape index (κ1) is 26.1. The quantitative estimate of drug-likeness (QED) is 0.244. The lowest BCUT2D eigenvalue weighted by Crippen LogP contribution is -2.60. The Kier molecular flexibility index (Phi) is 6.31. The smallest absolute Gasteiger partial charge is 0.242 e. The molecular formula is C33H33ClN4O3. The van der Waals surface area contributed by atoms with Crippen molar-refractivity contribution in [3.63, 3.8) is 0 Å². The molecule has 0 spiro atoms. The number of aromatic nitrogens is 3. The average Bonchev–Trinajstić information content (AvgIpc) is 3.38. The van der Waals surface area contributed by atoms with E-state index >= 15 is 0 Å². The van der Waals surface area contributed by atoms with Gasteiger partial charge in [-0.25, -0.2) is 9.67 Å². The SMILES string of the molecule is Cc1ccccc1Oc1cc(NC(=O)C23CC4CC(C2)CC(n2cnc(Cl)n2)(C4)C3)cc(Oc2ccccc2C)c1. The van der Waals surface area contributed by atoms with E-state index < -0.39 is 5.41 Å². The molecule has 8 rings (SSSR count). The van der Waals surface area contributed by atoms with Crippen LogP contribution in [0.1, 0.15) is 49.7 Å². The number of halogens is 1. The minimum absolute atomic E-state index is 0.0528. The summed E-state index contributed by atoms with van der Waals surface area (Å²) in [6.07, 6.45) is 7.48. The third kappa shape index (κ3) is 4.86. The lowest BCUT2D eigenvalue weighted by molar-refractivity contribution is -0.150. The van der Waals surface area contributed by atoms with Gasteiger partial charge in [0.1, 0.15) is 29.3 Å². The molecule has 4 aromatic rings. The van der Waals surface area contributed by atoms with Gasteiger partial charge in [0.05, 0.1) is 11.0 Å². The lowest BCUT2D eigenvalue weighted by Gasteiger charge is -2.60. The molecule has 2 unspecified atom stereocenters. The predicted octanol–water partition coefficient (Wildman–Crippen LogP) is 8.07. The van der Waals surface area contributed by atoms with Gasteiger partial charge in [-0.05, 0) is 99.1 Å². The lowest BCUT2D eigenvalue weighted by atomic mass is 9.46. The number of hydrogen-bond acceptors (Lipinski definition) is 5. The van der Waals surface area contributed by atoms with Gasteiger partial charge in [-0.3, -0.25) is 4.79 Å². The van der Waals surface area contributed by atoms with Crippen molar-refractivity contribution in [2.75, 3.05) is 5.32 Å². The number of nitrogens with zero attached hydrogens (tertiary/aromatic N) is 3. The summed E-state index contributed by atoms with van der Waals surface area (Å²) in [5.74, 6) is 3.73. The molecule has 41 heavy (non-hydrogen) atoms. The van der Waals surface area contributed by atoms with Crippen LogP contribution >= 0.6 is 11.6 Å². The molecule has 4 aliphatic carbocycles. The Balaban J connectivity index is 1.20. The van der Waals surface area contributed by atoms with Crippen LogP contribution < -0.4 is 14.8 Å². The van der Waals surface area contributed by atoms with E-state index in [2.05, 4.69) is 15.4 Å². The molecule has 4 saturated carbocycles. The molecule has 0 saturated heterocycles. The first-order chi connectivity index (χ1) is 19.8. The number of rotatable bonds is 7. The predicted molar refractivity (Wildman–Crippen MR) is 158 cm³/mol. The second-order valence-corrected chi connectivity index (χ2v) is 12.6. The zero-order valence-electron chi connectivity index (χ0n) is 23.3. The molecule has 4 bridgehead atoms. The molecule has 1 amide bonds. The van der Waals surface area contributed by atoms with Crippen molar-refractivity contribution >= 4 is 23.2 Å². The summed E-state index contributed by atoms with van der Waals surface area (Å²) in [6, 6.07) is 21.4. The highest BCUT2D eigenvalue weighted by atomic mass is 35.5. The van der Waals surface area contributed by atoms with Crippen LogP contribution in [0.3, 0.4) is 0 Å².